The van der Waals surface area contributed by atoms with Crippen molar-refractivity contribution in [2.75, 3.05) is 13.2 Å². The molecule has 0 amide bonds. The molecule has 2 rings (SSSR count). The van der Waals surface area contributed by atoms with Crippen LogP contribution in [-0.4, -0.2) is 19.5 Å². The molecule has 3 heteroatoms. The second-order valence-electron chi connectivity index (χ2n) is 7.76. The SMILES string of the molecule is CCCCC[C@H]1CC[C@H]([C@H]2OC[C@](C#N)(CCCC)CO2)CC1. The standard InChI is InChI=1S/C20H35NO2/c1-3-5-7-8-17-9-11-18(12-10-17)19-22-15-20(14-21,16-23-19)13-6-4-2/h17-19H,3-13,15-16H2,1-2H3/t17-,18-,19-,20+. The van der Waals surface area contributed by atoms with E-state index in [1.165, 1.54) is 51.4 Å². The van der Waals surface area contributed by atoms with Gasteiger partial charge in [0.1, 0.15) is 5.41 Å². The second kappa shape index (κ2) is 9.64. The van der Waals surface area contributed by atoms with Gasteiger partial charge < -0.3 is 9.47 Å². The van der Waals surface area contributed by atoms with E-state index < -0.39 is 5.41 Å². The first kappa shape index (κ1) is 18.7. The molecule has 0 aromatic carbocycles. The van der Waals surface area contributed by atoms with Gasteiger partial charge in [-0.1, -0.05) is 52.4 Å². The van der Waals surface area contributed by atoms with Crippen molar-refractivity contribution in [3.63, 3.8) is 0 Å². The zero-order chi connectivity index (χ0) is 16.5. The van der Waals surface area contributed by atoms with Crippen molar-refractivity contribution in [2.45, 2.75) is 90.8 Å². The lowest BCUT2D eigenvalue weighted by atomic mass is 9.79. The summed E-state index contributed by atoms with van der Waals surface area (Å²) in [6.07, 6.45) is 13.7. The Morgan fingerprint density at radius 3 is 2.17 bits per heavy atom. The highest BCUT2D eigenvalue weighted by Gasteiger charge is 2.40. The monoisotopic (exact) mass is 321 g/mol. The molecule has 0 aromatic heterocycles. The summed E-state index contributed by atoms with van der Waals surface area (Å²) in [5.74, 6) is 1.46. The molecule has 1 saturated heterocycles. The van der Waals surface area contributed by atoms with E-state index in [0.29, 0.717) is 19.1 Å². The third kappa shape index (κ3) is 5.47. The minimum absolute atomic E-state index is 0.0605. The molecule has 0 N–H and O–H groups in total. The van der Waals surface area contributed by atoms with Gasteiger partial charge in [-0.3, -0.25) is 0 Å². The van der Waals surface area contributed by atoms with Crippen LogP contribution in [0.2, 0.25) is 0 Å². The summed E-state index contributed by atoms with van der Waals surface area (Å²) in [4.78, 5) is 0. The van der Waals surface area contributed by atoms with E-state index in [0.717, 1.165) is 25.2 Å². The molecule has 2 aliphatic rings. The predicted molar refractivity (Wildman–Crippen MR) is 92.9 cm³/mol. The van der Waals surface area contributed by atoms with Crippen molar-refractivity contribution in [3.05, 3.63) is 0 Å². The first-order valence-corrected chi connectivity index (χ1v) is 9.87. The van der Waals surface area contributed by atoms with E-state index in [1.54, 1.807) is 0 Å². The summed E-state index contributed by atoms with van der Waals surface area (Å²) >= 11 is 0. The second-order valence-corrected chi connectivity index (χ2v) is 7.76. The van der Waals surface area contributed by atoms with Crippen LogP contribution in [0.1, 0.15) is 84.5 Å². The third-order valence-corrected chi connectivity index (χ3v) is 5.79. The van der Waals surface area contributed by atoms with Gasteiger partial charge in [-0.05, 0) is 38.0 Å². The van der Waals surface area contributed by atoms with Gasteiger partial charge in [-0.15, -0.1) is 0 Å². The zero-order valence-electron chi connectivity index (χ0n) is 15.2. The molecule has 0 radical (unpaired) electrons. The maximum absolute atomic E-state index is 9.49. The van der Waals surface area contributed by atoms with E-state index in [1.807, 2.05) is 0 Å². The maximum atomic E-state index is 9.49. The number of ether oxygens (including phenoxy) is 2. The van der Waals surface area contributed by atoms with Crippen LogP contribution in [0.25, 0.3) is 0 Å². The minimum Gasteiger partial charge on any atom is -0.351 e. The van der Waals surface area contributed by atoms with Crippen LogP contribution in [0.4, 0.5) is 0 Å². The minimum atomic E-state index is -0.399. The van der Waals surface area contributed by atoms with E-state index in [9.17, 15) is 5.26 Å². The van der Waals surface area contributed by atoms with Crippen LogP contribution in [0.3, 0.4) is 0 Å². The van der Waals surface area contributed by atoms with E-state index in [4.69, 9.17) is 9.47 Å². The summed E-state index contributed by atoms with van der Waals surface area (Å²) in [6, 6.07) is 2.46. The number of nitriles is 1. The van der Waals surface area contributed by atoms with Crippen molar-refractivity contribution in [1.82, 2.24) is 0 Å². The summed E-state index contributed by atoms with van der Waals surface area (Å²) < 4.78 is 12.0. The van der Waals surface area contributed by atoms with Crippen LogP contribution in [0, 0.1) is 28.6 Å². The molecular formula is C20H35NO2. The Balaban J connectivity index is 1.71. The van der Waals surface area contributed by atoms with Gasteiger partial charge in [0.25, 0.3) is 0 Å². The van der Waals surface area contributed by atoms with Crippen LogP contribution in [0.15, 0.2) is 0 Å². The molecule has 1 heterocycles. The highest BCUT2D eigenvalue weighted by atomic mass is 16.7. The van der Waals surface area contributed by atoms with Crippen molar-refractivity contribution in [2.24, 2.45) is 17.3 Å². The Hall–Kier alpha value is -0.590. The number of unbranched alkanes of at least 4 members (excludes halogenated alkanes) is 3. The van der Waals surface area contributed by atoms with Gasteiger partial charge in [0, 0.05) is 5.92 Å². The topological polar surface area (TPSA) is 42.2 Å². The Morgan fingerprint density at radius 1 is 0.957 bits per heavy atom. The van der Waals surface area contributed by atoms with Crippen molar-refractivity contribution in [1.29, 1.82) is 5.26 Å². The van der Waals surface area contributed by atoms with Gasteiger partial charge in [0.05, 0.1) is 19.3 Å². The van der Waals surface area contributed by atoms with E-state index in [2.05, 4.69) is 19.9 Å². The molecule has 0 spiro atoms. The number of rotatable bonds is 8. The number of nitrogens with zero attached hydrogens (tertiary/aromatic N) is 1. The van der Waals surface area contributed by atoms with E-state index in [-0.39, 0.29) is 6.29 Å². The van der Waals surface area contributed by atoms with Crippen LogP contribution in [0.5, 0.6) is 0 Å². The molecule has 0 unspecified atom stereocenters. The summed E-state index contributed by atoms with van der Waals surface area (Å²) in [7, 11) is 0. The number of hydrogen-bond acceptors (Lipinski definition) is 3. The molecule has 0 atom stereocenters. The molecule has 0 bridgehead atoms. The van der Waals surface area contributed by atoms with Gasteiger partial charge in [-0.25, -0.2) is 0 Å². The van der Waals surface area contributed by atoms with Crippen molar-refractivity contribution in [3.8, 4) is 6.07 Å². The molecule has 3 nitrogen and oxygen atoms in total. The summed E-state index contributed by atoms with van der Waals surface area (Å²) in [5, 5.41) is 9.49. The van der Waals surface area contributed by atoms with Crippen molar-refractivity contribution >= 4 is 0 Å². The fourth-order valence-electron chi connectivity index (χ4n) is 4.06. The maximum Gasteiger partial charge on any atom is 0.160 e. The van der Waals surface area contributed by atoms with Crippen LogP contribution in [-0.2, 0) is 9.47 Å². The van der Waals surface area contributed by atoms with Crippen LogP contribution < -0.4 is 0 Å². The molecule has 23 heavy (non-hydrogen) atoms. The fourth-order valence-corrected chi connectivity index (χ4v) is 4.06. The summed E-state index contributed by atoms with van der Waals surface area (Å²) in [6.45, 7) is 5.56. The highest BCUT2D eigenvalue weighted by molar-refractivity contribution is 5.00. The molecule has 0 aromatic rings. The Bertz CT molecular complexity index is 360. The Kier molecular flexibility index (Phi) is 7.86. The molecular weight excluding hydrogens is 286 g/mol. The molecule has 1 aliphatic heterocycles. The van der Waals surface area contributed by atoms with Crippen molar-refractivity contribution < 1.29 is 9.47 Å². The summed E-state index contributed by atoms with van der Waals surface area (Å²) in [5.41, 5.74) is -0.399. The Morgan fingerprint density at radius 2 is 1.61 bits per heavy atom. The molecule has 1 aliphatic carbocycles. The molecule has 2 fully saturated rings. The lowest BCUT2D eigenvalue weighted by Crippen LogP contribution is -2.44. The number of hydrogen-bond donors (Lipinski definition) is 0. The van der Waals surface area contributed by atoms with E-state index >= 15 is 0 Å². The van der Waals surface area contributed by atoms with Gasteiger partial charge in [0.2, 0.25) is 0 Å². The van der Waals surface area contributed by atoms with Crippen LogP contribution >= 0.6 is 0 Å². The highest BCUT2D eigenvalue weighted by Crippen LogP contribution is 2.38. The lowest BCUT2D eigenvalue weighted by Gasteiger charge is -2.40. The third-order valence-electron chi connectivity index (χ3n) is 5.79. The first-order chi connectivity index (χ1) is 11.2. The molecule has 1 saturated carbocycles. The zero-order valence-corrected chi connectivity index (χ0v) is 15.2. The fraction of sp³-hybridized carbons (Fsp3) is 0.950. The van der Waals surface area contributed by atoms with Gasteiger partial charge in [-0.2, -0.15) is 5.26 Å². The van der Waals surface area contributed by atoms with Gasteiger partial charge in [0.15, 0.2) is 6.29 Å². The largest absolute Gasteiger partial charge is 0.351 e. The Labute approximate surface area is 142 Å². The molecule has 132 valence electrons. The lowest BCUT2D eigenvalue weighted by molar-refractivity contribution is -0.244. The average Bonchev–Trinajstić information content (AvgIpc) is 2.61. The van der Waals surface area contributed by atoms with Gasteiger partial charge >= 0.3 is 0 Å². The average molecular weight is 322 g/mol. The normalized spacial score (nSPS) is 34.9. The quantitative estimate of drug-likeness (QED) is 0.558. The first-order valence-electron chi connectivity index (χ1n) is 9.87. The smallest absolute Gasteiger partial charge is 0.160 e. The predicted octanol–water partition coefficient (Wildman–Crippen LogP) is 5.45.